The molecule has 23 heavy (non-hydrogen) atoms. The number of anilines is 1. The average molecular weight is 329 g/mol. The third kappa shape index (κ3) is 2.95. The summed E-state index contributed by atoms with van der Waals surface area (Å²) in [5, 5.41) is 9.90. The van der Waals surface area contributed by atoms with Gasteiger partial charge >= 0.3 is 0 Å². The van der Waals surface area contributed by atoms with Crippen LogP contribution in [0.3, 0.4) is 0 Å². The summed E-state index contributed by atoms with van der Waals surface area (Å²) in [5.74, 6) is 2.04. The summed E-state index contributed by atoms with van der Waals surface area (Å²) in [7, 11) is 0. The molecule has 2 aromatic rings. The number of nitrogens with zero attached hydrogens (tertiary/aromatic N) is 1. The predicted octanol–water partition coefficient (Wildman–Crippen LogP) is 3.51. The molecular formula is C17H19N3O2S. The first kappa shape index (κ1) is 14.6. The number of ether oxygens (including phenoxy) is 1. The number of carbonyl (C=O) groups is 1. The molecule has 1 saturated carbocycles. The molecule has 2 aliphatic rings. The molecule has 5 nitrogen and oxygen atoms in total. The van der Waals surface area contributed by atoms with Gasteiger partial charge in [0, 0.05) is 11.1 Å². The Bertz CT molecular complexity index is 709. The van der Waals surface area contributed by atoms with E-state index in [-0.39, 0.29) is 11.2 Å². The van der Waals surface area contributed by atoms with Crippen molar-refractivity contribution in [3.63, 3.8) is 0 Å². The van der Waals surface area contributed by atoms with Crippen molar-refractivity contribution >= 4 is 23.5 Å². The molecule has 0 bridgehead atoms. The second-order valence-corrected chi connectivity index (χ2v) is 7.10. The number of aromatic amines is 1. The molecule has 0 unspecified atom stereocenters. The van der Waals surface area contributed by atoms with Gasteiger partial charge in [-0.05, 0) is 31.7 Å². The van der Waals surface area contributed by atoms with Gasteiger partial charge in [0.05, 0.1) is 23.3 Å². The highest BCUT2D eigenvalue weighted by molar-refractivity contribution is 8.00. The van der Waals surface area contributed by atoms with Crippen LogP contribution < -0.4 is 10.1 Å². The van der Waals surface area contributed by atoms with Gasteiger partial charge in [0.25, 0.3) is 0 Å². The van der Waals surface area contributed by atoms with Crippen molar-refractivity contribution in [3.05, 3.63) is 41.6 Å². The first-order valence-electron chi connectivity index (χ1n) is 8.01. The second kappa shape index (κ2) is 6.28. The fourth-order valence-electron chi connectivity index (χ4n) is 3.27. The number of hydrogen-bond donors (Lipinski definition) is 2. The van der Waals surface area contributed by atoms with Gasteiger partial charge < -0.3 is 10.1 Å². The number of para-hydroxylation sites is 1. The van der Waals surface area contributed by atoms with Gasteiger partial charge in [-0.1, -0.05) is 18.2 Å². The molecule has 4 rings (SSSR count). The van der Waals surface area contributed by atoms with Crippen LogP contribution in [-0.2, 0) is 4.79 Å². The Morgan fingerprint density at radius 3 is 2.87 bits per heavy atom. The molecule has 0 saturated heterocycles. The normalized spacial score (nSPS) is 21.6. The van der Waals surface area contributed by atoms with Crippen LogP contribution in [0, 0.1) is 0 Å². The highest BCUT2D eigenvalue weighted by atomic mass is 32.2. The number of carbonyl (C=O) groups excluding carboxylic acids is 1. The van der Waals surface area contributed by atoms with Gasteiger partial charge in [0.1, 0.15) is 11.6 Å². The summed E-state index contributed by atoms with van der Waals surface area (Å²) in [6.45, 7) is 0. The topological polar surface area (TPSA) is 67.0 Å². The van der Waals surface area contributed by atoms with Crippen LogP contribution in [0.4, 0.5) is 5.82 Å². The molecule has 1 aromatic heterocycles. The van der Waals surface area contributed by atoms with Gasteiger partial charge in [-0.2, -0.15) is 5.10 Å². The van der Waals surface area contributed by atoms with Crippen LogP contribution in [0.1, 0.15) is 42.1 Å². The number of fused-ring (bicyclic) bond motifs is 1. The quantitative estimate of drug-likeness (QED) is 0.904. The van der Waals surface area contributed by atoms with Crippen LogP contribution in [-0.4, -0.2) is 28.0 Å². The zero-order valence-corrected chi connectivity index (χ0v) is 13.6. The zero-order chi connectivity index (χ0) is 15.6. The van der Waals surface area contributed by atoms with Crippen molar-refractivity contribution in [3.8, 4) is 5.75 Å². The SMILES string of the molecule is O=C1CS[C@@H](c2ccccc2OC2CCCC2)c2cn[nH]c2N1. The smallest absolute Gasteiger partial charge is 0.235 e. The van der Waals surface area contributed by atoms with Gasteiger partial charge in [-0.25, -0.2) is 0 Å². The summed E-state index contributed by atoms with van der Waals surface area (Å²) < 4.78 is 6.27. The standard InChI is InChI=1S/C17H19N3O2S/c21-15-10-23-16(13-9-18-20-17(13)19-15)12-7-3-4-8-14(12)22-11-5-1-2-6-11/h3-4,7-9,11,16H,1-2,5-6,10H2,(H2,18,19,20,21)/t16-/m0/s1. The Morgan fingerprint density at radius 2 is 2.00 bits per heavy atom. The highest BCUT2D eigenvalue weighted by Gasteiger charge is 2.28. The number of amides is 1. The molecule has 6 heteroatoms. The lowest BCUT2D eigenvalue weighted by atomic mass is 10.1. The minimum atomic E-state index is -0.00260. The third-order valence-electron chi connectivity index (χ3n) is 4.39. The van der Waals surface area contributed by atoms with Gasteiger partial charge in [0.2, 0.25) is 5.91 Å². The molecule has 0 radical (unpaired) electrons. The number of hydrogen-bond acceptors (Lipinski definition) is 4. The van der Waals surface area contributed by atoms with E-state index in [4.69, 9.17) is 4.74 Å². The lowest BCUT2D eigenvalue weighted by Crippen LogP contribution is -2.13. The van der Waals surface area contributed by atoms with Crippen molar-refractivity contribution in [2.75, 3.05) is 11.1 Å². The molecule has 1 fully saturated rings. The number of H-pyrrole nitrogens is 1. The van der Waals surface area contributed by atoms with Crippen molar-refractivity contribution < 1.29 is 9.53 Å². The summed E-state index contributed by atoms with van der Waals surface area (Å²) in [6, 6.07) is 8.16. The summed E-state index contributed by atoms with van der Waals surface area (Å²) in [5.41, 5.74) is 2.12. The Morgan fingerprint density at radius 1 is 1.17 bits per heavy atom. The highest BCUT2D eigenvalue weighted by Crippen LogP contribution is 2.44. The van der Waals surface area contributed by atoms with Crippen molar-refractivity contribution in [1.29, 1.82) is 0 Å². The Balaban J connectivity index is 1.69. The van der Waals surface area contributed by atoms with Crippen LogP contribution in [0.15, 0.2) is 30.5 Å². The van der Waals surface area contributed by atoms with Crippen LogP contribution >= 0.6 is 11.8 Å². The first-order chi connectivity index (χ1) is 11.3. The maximum Gasteiger partial charge on any atom is 0.235 e. The number of aromatic nitrogens is 2. The Hall–Kier alpha value is -1.95. The molecular weight excluding hydrogens is 310 g/mol. The van der Waals surface area contributed by atoms with E-state index in [2.05, 4.69) is 21.6 Å². The minimum Gasteiger partial charge on any atom is -0.490 e. The summed E-state index contributed by atoms with van der Waals surface area (Å²) >= 11 is 1.61. The third-order valence-corrected chi connectivity index (χ3v) is 5.66. The lowest BCUT2D eigenvalue weighted by Gasteiger charge is -2.21. The Kier molecular flexibility index (Phi) is 3.99. The van der Waals surface area contributed by atoms with E-state index in [1.54, 1.807) is 18.0 Å². The molecule has 1 amide bonds. The lowest BCUT2D eigenvalue weighted by molar-refractivity contribution is -0.113. The number of benzene rings is 1. The summed E-state index contributed by atoms with van der Waals surface area (Å²) in [4.78, 5) is 11.9. The Labute approximate surface area is 139 Å². The number of rotatable bonds is 3. The van der Waals surface area contributed by atoms with Gasteiger partial charge in [-0.15, -0.1) is 11.8 Å². The van der Waals surface area contributed by atoms with Crippen LogP contribution in [0.2, 0.25) is 0 Å². The predicted molar refractivity (Wildman–Crippen MR) is 90.8 cm³/mol. The van der Waals surface area contributed by atoms with Crippen LogP contribution in [0.5, 0.6) is 5.75 Å². The maximum absolute atomic E-state index is 11.9. The van der Waals surface area contributed by atoms with E-state index in [9.17, 15) is 4.79 Å². The van der Waals surface area contributed by atoms with Gasteiger partial charge in [-0.3, -0.25) is 9.89 Å². The van der Waals surface area contributed by atoms with Crippen molar-refractivity contribution in [1.82, 2.24) is 10.2 Å². The number of nitrogens with one attached hydrogen (secondary N) is 2. The molecule has 1 atom stereocenters. The molecule has 2 heterocycles. The fourth-order valence-corrected chi connectivity index (χ4v) is 4.39. The first-order valence-corrected chi connectivity index (χ1v) is 9.06. The van der Waals surface area contributed by atoms with Gasteiger partial charge in [0.15, 0.2) is 0 Å². The zero-order valence-electron chi connectivity index (χ0n) is 12.7. The molecule has 1 aliphatic carbocycles. The van der Waals surface area contributed by atoms with E-state index in [0.717, 1.165) is 29.7 Å². The molecule has 1 aliphatic heterocycles. The summed E-state index contributed by atoms with van der Waals surface area (Å²) in [6.07, 6.45) is 6.86. The van der Waals surface area contributed by atoms with E-state index in [1.807, 2.05) is 18.2 Å². The monoisotopic (exact) mass is 329 g/mol. The second-order valence-electron chi connectivity index (χ2n) is 6.00. The largest absolute Gasteiger partial charge is 0.490 e. The average Bonchev–Trinajstić information content (AvgIpc) is 3.19. The van der Waals surface area contributed by atoms with E-state index >= 15 is 0 Å². The van der Waals surface area contributed by atoms with Crippen molar-refractivity contribution in [2.24, 2.45) is 0 Å². The van der Waals surface area contributed by atoms with E-state index in [0.29, 0.717) is 17.7 Å². The van der Waals surface area contributed by atoms with E-state index < -0.39 is 0 Å². The minimum absolute atomic E-state index is 0.00260. The molecule has 120 valence electrons. The molecule has 0 spiro atoms. The molecule has 2 N–H and O–H groups in total. The molecule has 1 aromatic carbocycles. The number of thioether (sulfide) groups is 1. The van der Waals surface area contributed by atoms with E-state index in [1.165, 1.54) is 12.8 Å². The maximum atomic E-state index is 11.9. The van der Waals surface area contributed by atoms with Crippen LogP contribution in [0.25, 0.3) is 0 Å². The van der Waals surface area contributed by atoms with Crippen molar-refractivity contribution in [2.45, 2.75) is 37.0 Å². The fraction of sp³-hybridized carbons (Fsp3) is 0.412.